The molecule has 1 aromatic heterocycles. The second-order valence-corrected chi connectivity index (χ2v) is 3.86. The maximum atomic E-state index is 4.67. The van der Waals surface area contributed by atoms with E-state index in [2.05, 4.69) is 15.3 Å². The van der Waals surface area contributed by atoms with Crippen LogP contribution in [-0.4, -0.2) is 23.1 Å². The van der Waals surface area contributed by atoms with Crippen LogP contribution >= 0.6 is 0 Å². The molecule has 0 saturated heterocycles. The first kappa shape index (κ1) is 8.80. The van der Waals surface area contributed by atoms with Crippen molar-refractivity contribution in [2.75, 3.05) is 13.1 Å². The average Bonchev–Trinajstić information content (AvgIpc) is 2.50. The van der Waals surface area contributed by atoms with Crippen LogP contribution in [-0.2, 0) is 12.8 Å². The maximum Gasteiger partial charge on any atom is 0.0890 e. The lowest BCUT2D eigenvalue weighted by Gasteiger charge is -2.05. The van der Waals surface area contributed by atoms with E-state index in [4.69, 9.17) is 0 Å². The van der Waals surface area contributed by atoms with Gasteiger partial charge in [-0.15, -0.1) is 0 Å². The molecule has 0 unspecified atom stereocenters. The Hall–Kier alpha value is -1.48. The van der Waals surface area contributed by atoms with Gasteiger partial charge in [-0.25, -0.2) is 9.97 Å². The van der Waals surface area contributed by atoms with Gasteiger partial charge in [0.15, 0.2) is 0 Å². The molecule has 2 heterocycles. The second kappa shape index (κ2) is 3.59. The first-order valence-electron chi connectivity index (χ1n) is 5.39. The predicted octanol–water partition coefficient (Wildman–Crippen LogP) is 1.32. The molecule has 0 spiro atoms. The van der Waals surface area contributed by atoms with Gasteiger partial charge in [0.1, 0.15) is 0 Å². The van der Waals surface area contributed by atoms with Crippen LogP contribution in [0.4, 0.5) is 0 Å². The van der Waals surface area contributed by atoms with E-state index < -0.39 is 0 Å². The zero-order valence-electron chi connectivity index (χ0n) is 8.53. The van der Waals surface area contributed by atoms with Crippen molar-refractivity contribution < 1.29 is 0 Å². The number of nitrogens with one attached hydrogen (secondary N) is 1. The number of benzene rings is 1. The Morgan fingerprint density at radius 1 is 0.867 bits per heavy atom. The van der Waals surface area contributed by atoms with Gasteiger partial charge in [0, 0.05) is 25.9 Å². The number of rotatable bonds is 0. The molecule has 1 aliphatic heterocycles. The molecule has 0 bridgehead atoms. The van der Waals surface area contributed by atoms with Crippen LogP contribution in [0.1, 0.15) is 11.4 Å². The Morgan fingerprint density at radius 2 is 1.40 bits per heavy atom. The Kier molecular flexibility index (Phi) is 2.10. The smallest absolute Gasteiger partial charge is 0.0890 e. The fourth-order valence-corrected chi connectivity index (χ4v) is 2.01. The lowest BCUT2D eigenvalue weighted by Crippen LogP contribution is -2.16. The third-order valence-electron chi connectivity index (χ3n) is 2.80. The van der Waals surface area contributed by atoms with Gasteiger partial charge in [-0.05, 0) is 12.1 Å². The van der Waals surface area contributed by atoms with Gasteiger partial charge in [-0.2, -0.15) is 0 Å². The van der Waals surface area contributed by atoms with Crippen molar-refractivity contribution in [2.45, 2.75) is 12.8 Å². The summed E-state index contributed by atoms with van der Waals surface area (Å²) in [4.78, 5) is 9.35. The van der Waals surface area contributed by atoms with E-state index in [1.807, 2.05) is 24.3 Å². The normalized spacial score (nSPS) is 16.0. The summed E-state index contributed by atoms with van der Waals surface area (Å²) < 4.78 is 0. The number of nitrogens with zero attached hydrogens (tertiary/aromatic N) is 2. The number of aromatic nitrogens is 2. The van der Waals surface area contributed by atoms with Gasteiger partial charge in [-0.1, -0.05) is 12.1 Å². The van der Waals surface area contributed by atoms with Gasteiger partial charge >= 0.3 is 0 Å². The minimum Gasteiger partial charge on any atom is -0.316 e. The molecule has 1 aliphatic rings. The summed E-state index contributed by atoms with van der Waals surface area (Å²) in [5.41, 5.74) is 4.36. The summed E-state index contributed by atoms with van der Waals surface area (Å²) in [5.74, 6) is 0. The highest BCUT2D eigenvalue weighted by Crippen LogP contribution is 2.14. The largest absolute Gasteiger partial charge is 0.316 e. The summed E-state index contributed by atoms with van der Waals surface area (Å²) in [6.07, 6.45) is 1.99. The van der Waals surface area contributed by atoms with Crippen LogP contribution in [0.15, 0.2) is 24.3 Å². The van der Waals surface area contributed by atoms with Gasteiger partial charge in [0.05, 0.1) is 22.4 Å². The minimum absolute atomic E-state index is 0.993. The van der Waals surface area contributed by atoms with E-state index in [-0.39, 0.29) is 0 Å². The molecule has 0 saturated carbocycles. The highest BCUT2D eigenvalue weighted by atomic mass is 14.9. The SMILES string of the molecule is c1ccc2nc3c(nc2c1)CCNCC3. The first-order valence-corrected chi connectivity index (χ1v) is 5.39. The monoisotopic (exact) mass is 199 g/mol. The van der Waals surface area contributed by atoms with Crippen molar-refractivity contribution in [3.63, 3.8) is 0 Å². The first-order chi connectivity index (χ1) is 7.43. The maximum absolute atomic E-state index is 4.67. The Balaban J connectivity index is 2.20. The Labute approximate surface area is 88.6 Å². The number of hydrogen-bond donors (Lipinski definition) is 1. The van der Waals surface area contributed by atoms with E-state index in [1.54, 1.807) is 0 Å². The van der Waals surface area contributed by atoms with Gasteiger partial charge in [-0.3, -0.25) is 0 Å². The molecule has 1 aromatic carbocycles. The van der Waals surface area contributed by atoms with Crippen molar-refractivity contribution in [1.29, 1.82) is 0 Å². The lowest BCUT2D eigenvalue weighted by molar-refractivity contribution is 0.707. The van der Waals surface area contributed by atoms with Crippen LogP contribution < -0.4 is 5.32 Å². The topological polar surface area (TPSA) is 37.8 Å². The third-order valence-corrected chi connectivity index (χ3v) is 2.80. The second-order valence-electron chi connectivity index (χ2n) is 3.86. The molecule has 3 rings (SSSR count). The van der Waals surface area contributed by atoms with Crippen LogP contribution in [0.25, 0.3) is 11.0 Å². The van der Waals surface area contributed by atoms with Crippen LogP contribution in [0.3, 0.4) is 0 Å². The summed E-state index contributed by atoms with van der Waals surface area (Å²) in [7, 11) is 0. The van der Waals surface area contributed by atoms with Crippen molar-refractivity contribution in [2.24, 2.45) is 0 Å². The minimum atomic E-state index is 0.993. The third kappa shape index (κ3) is 1.59. The highest BCUT2D eigenvalue weighted by Gasteiger charge is 2.10. The van der Waals surface area contributed by atoms with E-state index in [0.29, 0.717) is 0 Å². The molecule has 0 fully saturated rings. The summed E-state index contributed by atoms with van der Waals surface area (Å²) in [6, 6.07) is 8.08. The van der Waals surface area contributed by atoms with E-state index in [9.17, 15) is 0 Å². The standard InChI is InChI=1S/C12H13N3/c1-2-4-10-9(3-1)14-11-5-7-13-8-6-12(11)15-10/h1-4,13H,5-8H2. The summed E-state index contributed by atoms with van der Waals surface area (Å²) in [6.45, 7) is 2.03. The van der Waals surface area contributed by atoms with Crippen molar-refractivity contribution in [3.8, 4) is 0 Å². The average molecular weight is 199 g/mol. The molecule has 0 aliphatic carbocycles. The van der Waals surface area contributed by atoms with Crippen molar-refractivity contribution in [3.05, 3.63) is 35.7 Å². The van der Waals surface area contributed by atoms with Gasteiger partial charge in [0.25, 0.3) is 0 Å². The molecule has 1 N–H and O–H groups in total. The summed E-state index contributed by atoms with van der Waals surface area (Å²) >= 11 is 0. The fraction of sp³-hybridized carbons (Fsp3) is 0.333. The molecule has 3 nitrogen and oxygen atoms in total. The molecule has 2 aromatic rings. The molecular weight excluding hydrogens is 186 g/mol. The van der Waals surface area contributed by atoms with Crippen LogP contribution in [0.2, 0.25) is 0 Å². The van der Waals surface area contributed by atoms with E-state index in [0.717, 1.165) is 37.0 Å². The molecule has 15 heavy (non-hydrogen) atoms. The lowest BCUT2D eigenvalue weighted by atomic mass is 10.2. The number of fused-ring (bicyclic) bond motifs is 2. The molecule has 0 radical (unpaired) electrons. The van der Waals surface area contributed by atoms with E-state index >= 15 is 0 Å². The Bertz CT molecular complexity index is 449. The number of hydrogen-bond acceptors (Lipinski definition) is 3. The molecule has 0 amide bonds. The van der Waals surface area contributed by atoms with Crippen molar-refractivity contribution in [1.82, 2.24) is 15.3 Å². The van der Waals surface area contributed by atoms with Gasteiger partial charge < -0.3 is 5.32 Å². The molecule has 76 valence electrons. The zero-order valence-corrected chi connectivity index (χ0v) is 8.53. The zero-order chi connectivity index (χ0) is 10.1. The molecular formula is C12H13N3. The number of para-hydroxylation sites is 2. The van der Waals surface area contributed by atoms with Crippen LogP contribution in [0, 0.1) is 0 Å². The Morgan fingerprint density at radius 3 is 1.93 bits per heavy atom. The van der Waals surface area contributed by atoms with Crippen LogP contribution in [0.5, 0.6) is 0 Å². The van der Waals surface area contributed by atoms with E-state index in [1.165, 1.54) is 11.4 Å². The van der Waals surface area contributed by atoms with Crippen molar-refractivity contribution >= 4 is 11.0 Å². The highest BCUT2D eigenvalue weighted by molar-refractivity contribution is 5.74. The summed E-state index contributed by atoms with van der Waals surface area (Å²) in [5, 5.41) is 3.37. The molecule has 0 atom stereocenters. The predicted molar refractivity (Wildman–Crippen MR) is 59.8 cm³/mol. The fourth-order valence-electron chi connectivity index (χ4n) is 2.01. The molecule has 3 heteroatoms. The quantitative estimate of drug-likeness (QED) is 0.695. The van der Waals surface area contributed by atoms with Gasteiger partial charge in [0.2, 0.25) is 0 Å².